The Kier molecular flexibility index (Phi) is 14.4. The Bertz CT molecular complexity index is 292. The van der Waals surface area contributed by atoms with Gasteiger partial charge in [-0.05, 0) is 6.42 Å². The fraction of sp³-hybridized carbons (Fsp3) is 0.889. The lowest BCUT2D eigenvalue weighted by molar-refractivity contribution is -0.142. The Morgan fingerprint density at radius 2 is 1.32 bits per heavy atom. The zero-order valence-corrected chi connectivity index (χ0v) is 14.6. The van der Waals surface area contributed by atoms with Crippen molar-refractivity contribution in [1.29, 1.82) is 0 Å². The van der Waals surface area contributed by atoms with Gasteiger partial charge in [-0.15, -0.1) is 0 Å². The molecule has 0 aliphatic rings. The van der Waals surface area contributed by atoms with Crippen LogP contribution in [0.2, 0.25) is 0 Å². The summed E-state index contributed by atoms with van der Waals surface area (Å²) in [7, 11) is 1.31. The van der Waals surface area contributed by atoms with Gasteiger partial charge in [0.05, 0.1) is 19.6 Å². The zero-order chi connectivity index (χ0) is 16.6. The van der Waals surface area contributed by atoms with Gasteiger partial charge in [0.1, 0.15) is 5.78 Å². The minimum absolute atomic E-state index is 0.00658. The number of carbonyl (C=O) groups excluding carboxylic acids is 2. The molecule has 4 heteroatoms. The monoisotopic (exact) mass is 313 g/mol. The Morgan fingerprint density at radius 3 is 1.77 bits per heavy atom. The highest BCUT2D eigenvalue weighted by Crippen LogP contribution is 2.12. The fourth-order valence-electron chi connectivity index (χ4n) is 2.53. The predicted molar refractivity (Wildman–Crippen MR) is 90.7 cm³/mol. The summed E-state index contributed by atoms with van der Waals surface area (Å²) in [5, 5.41) is 0. The standard InChI is InChI=1S/C18H35NO3/c1-3-4-5-6-7-8-9-10-11-12-13-14-17(20)16(19)15-18(21)22-2/h16H,3-15,19H2,1-2H3. The highest BCUT2D eigenvalue weighted by molar-refractivity contribution is 5.87. The van der Waals surface area contributed by atoms with Crippen LogP contribution in [-0.2, 0) is 14.3 Å². The normalized spacial score (nSPS) is 12.1. The molecule has 0 aromatic carbocycles. The van der Waals surface area contributed by atoms with E-state index >= 15 is 0 Å². The number of carbonyl (C=O) groups is 2. The van der Waals surface area contributed by atoms with Gasteiger partial charge < -0.3 is 10.5 Å². The van der Waals surface area contributed by atoms with Gasteiger partial charge in [0, 0.05) is 6.42 Å². The number of ketones is 1. The molecule has 0 saturated heterocycles. The van der Waals surface area contributed by atoms with E-state index in [-0.39, 0.29) is 12.2 Å². The minimum Gasteiger partial charge on any atom is -0.469 e. The number of Topliss-reactive ketones (excluding diaryl/α,β-unsaturated/α-hetero) is 1. The van der Waals surface area contributed by atoms with Gasteiger partial charge in [-0.1, -0.05) is 71.1 Å². The molecule has 0 rings (SSSR count). The summed E-state index contributed by atoms with van der Waals surface area (Å²) in [6.45, 7) is 2.24. The Labute approximate surface area is 136 Å². The number of methoxy groups -OCH3 is 1. The molecule has 0 heterocycles. The van der Waals surface area contributed by atoms with E-state index < -0.39 is 12.0 Å². The molecule has 130 valence electrons. The summed E-state index contributed by atoms with van der Waals surface area (Å²) in [6.07, 6.45) is 14.3. The van der Waals surface area contributed by atoms with E-state index in [1.165, 1.54) is 64.9 Å². The topological polar surface area (TPSA) is 69.4 Å². The van der Waals surface area contributed by atoms with Crippen molar-refractivity contribution in [2.75, 3.05) is 7.11 Å². The number of hydrogen-bond acceptors (Lipinski definition) is 4. The Morgan fingerprint density at radius 1 is 0.864 bits per heavy atom. The molecule has 0 radical (unpaired) electrons. The van der Waals surface area contributed by atoms with Gasteiger partial charge in [-0.25, -0.2) is 0 Å². The second-order valence-electron chi connectivity index (χ2n) is 6.14. The van der Waals surface area contributed by atoms with Crippen LogP contribution in [0.4, 0.5) is 0 Å². The molecule has 2 N–H and O–H groups in total. The first kappa shape index (κ1) is 21.1. The first-order valence-electron chi connectivity index (χ1n) is 8.97. The van der Waals surface area contributed by atoms with E-state index in [4.69, 9.17) is 5.73 Å². The molecule has 4 nitrogen and oxygen atoms in total. The number of ether oxygens (including phenoxy) is 1. The maximum Gasteiger partial charge on any atom is 0.307 e. The summed E-state index contributed by atoms with van der Waals surface area (Å²) in [6, 6.07) is -0.699. The second kappa shape index (κ2) is 15.0. The molecule has 22 heavy (non-hydrogen) atoms. The van der Waals surface area contributed by atoms with Crippen molar-refractivity contribution in [3.05, 3.63) is 0 Å². The average Bonchev–Trinajstić information content (AvgIpc) is 2.52. The summed E-state index contributed by atoms with van der Waals surface area (Å²) < 4.78 is 4.51. The van der Waals surface area contributed by atoms with E-state index in [1.807, 2.05) is 0 Å². The summed E-state index contributed by atoms with van der Waals surface area (Å²) >= 11 is 0. The third-order valence-electron chi connectivity index (χ3n) is 4.05. The van der Waals surface area contributed by atoms with Crippen molar-refractivity contribution in [1.82, 2.24) is 0 Å². The van der Waals surface area contributed by atoms with Gasteiger partial charge in [-0.3, -0.25) is 9.59 Å². The zero-order valence-electron chi connectivity index (χ0n) is 14.6. The number of esters is 1. The lowest BCUT2D eigenvalue weighted by Crippen LogP contribution is -2.33. The van der Waals surface area contributed by atoms with Crippen LogP contribution in [0, 0.1) is 0 Å². The molecule has 0 fully saturated rings. The maximum atomic E-state index is 11.7. The summed E-state index contributed by atoms with van der Waals surface area (Å²) in [4.78, 5) is 22.8. The molecule has 0 spiro atoms. The van der Waals surface area contributed by atoms with Crippen molar-refractivity contribution in [3.63, 3.8) is 0 Å². The van der Waals surface area contributed by atoms with Crippen LogP contribution in [0.3, 0.4) is 0 Å². The van der Waals surface area contributed by atoms with Gasteiger partial charge in [0.2, 0.25) is 0 Å². The lowest BCUT2D eigenvalue weighted by Gasteiger charge is -2.08. The largest absolute Gasteiger partial charge is 0.469 e. The summed E-state index contributed by atoms with van der Waals surface area (Å²) in [5.41, 5.74) is 5.67. The molecule has 0 aliphatic heterocycles. The van der Waals surface area contributed by atoms with Crippen LogP contribution in [0.5, 0.6) is 0 Å². The predicted octanol–water partition coefficient (Wildman–Crippen LogP) is 4.15. The van der Waals surface area contributed by atoms with Crippen LogP contribution in [0.1, 0.15) is 90.4 Å². The molecular formula is C18H35NO3. The molecule has 0 bridgehead atoms. The second-order valence-corrected chi connectivity index (χ2v) is 6.14. The molecule has 0 aromatic heterocycles. The Balaban J connectivity index is 3.35. The first-order valence-corrected chi connectivity index (χ1v) is 8.97. The number of hydrogen-bond donors (Lipinski definition) is 1. The van der Waals surface area contributed by atoms with E-state index in [1.54, 1.807) is 0 Å². The molecule has 0 amide bonds. The average molecular weight is 313 g/mol. The lowest BCUT2D eigenvalue weighted by atomic mass is 10.0. The third kappa shape index (κ3) is 12.8. The minimum atomic E-state index is -0.699. The van der Waals surface area contributed by atoms with E-state index in [9.17, 15) is 9.59 Å². The smallest absolute Gasteiger partial charge is 0.307 e. The van der Waals surface area contributed by atoms with E-state index in [0.29, 0.717) is 6.42 Å². The number of nitrogens with two attached hydrogens (primary N) is 1. The molecule has 0 aromatic rings. The highest BCUT2D eigenvalue weighted by Gasteiger charge is 2.17. The van der Waals surface area contributed by atoms with E-state index in [2.05, 4.69) is 11.7 Å². The van der Waals surface area contributed by atoms with Crippen LogP contribution in [-0.4, -0.2) is 24.9 Å². The summed E-state index contributed by atoms with van der Waals surface area (Å²) in [5.74, 6) is -0.443. The van der Waals surface area contributed by atoms with Gasteiger partial charge in [0.15, 0.2) is 0 Å². The van der Waals surface area contributed by atoms with Crippen molar-refractivity contribution in [2.45, 2.75) is 96.4 Å². The third-order valence-corrected chi connectivity index (χ3v) is 4.05. The van der Waals surface area contributed by atoms with Crippen LogP contribution >= 0.6 is 0 Å². The first-order chi connectivity index (χ1) is 10.6. The van der Waals surface area contributed by atoms with Crippen molar-refractivity contribution in [2.24, 2.45) is 5.73 Å². The van der Waals surface area contributed by atoms with Crippen molar-refractivity contribution >= 4 is 11.8 Å². The Hall–Kier alpha value is -0.900. The van der Waals surface area contributed by atoms with Crippen LogP contribution in [0.15, 0.2) is 0 Å². The van der Waals surface area contributed by atoms with Gasteiger partial charge in [-0.2, -0.15) is 0 Å². The number of unbranched alkanes of at least 4 members (excludes halogenated alkanes) is 10. The molecule has 1 unspecified atom stereocenters. The quantitative estimate of drug-likeness (QED) is 0.364. The van der Waals surface area contributed by atoms with Crippen LogP contribution in [0.25, 0.3) is 0 Å². The van der Waals surface area contributed by atoms with Crippen molar-refractivity contribution in [3.8, 4) is 0 Å². The molecule has 0 saturated carbocycles. The fourth-order valence-corrected chi connectivity index (χ4v) is 2.53. The molecule has 1 atom stereocenters. The van der Waals surface area contributed by atoms with Crippen molar-refractivity contribution < 1.29 is 14.3 Å². The molecular weight excluding hydrogens is 278 g/mol. The highest BCUT2D eigenvalue weighted by atomic mass is 16.5. The number of rotatable bonds is 15. The SMILES string of the molecule is CCCCCCCCCCCCCC(=O)C(N)CC(=O)OC. The maximum absolute atomic E-state index is 11.7. The van der Waals surface area contributed by atoms with Crippen LogP contribution < -0.4 is 5.73 Å². The van der Waals surface area contributed by atoms with Gasteiger partial charge in [0.25, 0.3) is 0 Å². The molecule has 0 aliphatic carbocycles. The van der Waals surface area contributed by atoms with Gasteiger partial charge >= 0.3 is 5.97 Å². The van der Waals surface area contributed by atoms with E-state index in [0.717, 1.165) is 12.8 Å².